The lowest BCUT2D eigenvalue weighted by Gasteiger charge is -2.07. The molecular formula is C26H20FN9O. The van der Waals surface area contributed by atoms with Crippen molar-refractivity contribution in [3.63, 3.8) is 0 Å². The third-order valence-electron chi connectivity index (χ3n) is 5.88. The van der Waals surface area contributed by atoms with Gasteiger partial charge in [0.15, 0.2) is 11.6 Å². The summed E-state index contributed by atoms with van der Waals surface area (Å²) in [6, 6.07) is 7.24. The van der Waals surface area contributed by atoms with Crippen LogP contribution in [-0.4, -0.2) is 46.0 Å². The Bertz CT molecular complexity index is 1760. The number of carbonyl (C=O) groups excluding carboxylic acids is 1. The average molecular weight is 494 g/mol. The molecule has 1 amide bonds. The van der Waals surface area contributed by atoms with Gasteiger partial charge in [-0.3, -0.25) is 29.8 Å². The molecule has 0 aromatic carbocycles. The third kappa shape index (κ3) is 4.05. The van der Waals surface area contributed by atoms with Gasteiger partial charge in [-0.1, -0.05) is 13.0 Å². The molecule has 6 rings (SSSR count). The standard InChI is InChI=1S/C26H20FN9O/c1-2-5-20(37)32-15-8-14(9-28-10-15)23-22(27)21-18(13-31-23)35-36-25(21)26-33-19-12-29-11-16(24(19)34-26)17-6-3-4-7-30-17/h3-4,6-13H,2,5H2,1H3,(H,32,37)(H,33,34)(H,35,36). The van der Waals surface area contributed by atoms with E-state index in [0.29, 0.717) is 45.7 Å². The molecule has 182 valence electrons. The zero-order chi connectivity index (χ0) is 25.4. The smallest absolute Gasteiger partial charge is 0.224 e. The quantitative estimate of drug-likeness (QED) is 0.300. The Balaban J connectivity index is 1.44. The zero-order valence-corrected chi connectivity index (χ0v) is 19.7. The van der Waals surface area contributed by atoms with Gasteiger partial charge in [0.05, 0.1) is 46.4 Å². The number of fused-ring (bicyclic) bond motifs is 2. The fourth-order valence-electron chi connectivity index (χ4n) is 4.19. The fraction of sp³-hybridized carbons (Fsp3) is 0.115. The number of H-pyrrole nitrogens is 2. The van der Waals surface area contributed by atoms with Crippen molar-refractivity contribution in [2.75, 3.05) is 5.32 Å². The van der Waals surface area contributed by atoms with Gasteiger partial charge in [-0.15, -0.1) is 0 Å². The van der Waals surface area contributed by atoms with Crippen molar-refractivity contribution in [2.24, 2.45) is 0 Å². The molecule has 0 atom stereocenters. The third-order valence-corrected chi connectivity index (χ3v) is 5.88. The SMILES string of the molecule is CCCC(=O)Nc1cncc(-c2ncc3[nH]nc(-c4nc5c(-c6ccccn6)cncc5[nH]4)c3c2F)c1. The van der Waals surface area contributed by atoms with Crippen molar-refractivity contribution in [3.8, 4) is 34.0 Å². The molecule has 0 spiro atoms. The number of nitrogens with one attached hydrogen (secondary N) is 3. The van der Waals surface area contributed by atoms with Crippen LogP contribution in [0, 0.1) is 5.82 Å². The predicted octanol–water partition coefficient (Wildman–Crippen LogP) is 4.90. The summed E-state index contributed by atoms with van der Waals surface area (Å²) >= 11 is 0. The van der Waals surface area contributed by atoms with Gasteiger partial charge in [-0.2, -0.15) is 5.10 Å². The first-order valence-corrected chi connectivity index (χ1v) is 11.7. The van der Waals surface area contributed by atoms with Gasteiger partial charge < -0.3 is 10.3 Å². The molecule has 0 bridgehead atoms. The maximum absolute atomic E-state index is 15.9. The van der Waals surface area contributed by atoms with E-state index < -0.39 is 5.82 Å². The van der Waals surface area contributed by atoms with Gasteiger partial charge in [-0.05, 0) is 24.6 Å². The highest BCUT2D eigenvalue weighted by atomic mass is 19.1. The Morgan fingerprint density at radius 3 is 2.76 bits per heavy atom. The van der Waals surface area contributed by atoms with E-state index in [1.165, 1.54) is 18.6 Å². The molecule has 0 saturated heterocycles. The minimum atomic E-state index is -0.580. The molecule has 11 heteroatoms. The molecular weight excluding hydrogens is 473 g/mol. The van der Waals surface area contributed by atoms with Gasteiger partial charge in [-0.25, -0.2) is 9.37 Å². The number of imidazole rings is 1. The van der Waals surface area contributed by atoms with Crippen molar-refractivity contribution in [1.82, 2.24) is 40.1 Å². The minimum absolute atomic E-state index is 0.0844. The van der Waals surface area contributed by atoms with E-state index in [9.17, 15) is 4.79 Å². The van der Waals surface area contributed by atoms with Crippen LogP contribution in [0.1, 0.15) is 19.8 Å². The maximum atomic E-state index is 15.9. The van der Waals surface area contributed by atoms with Crippen molar-refractivity contribution < 1.29 is 9.18 Å². The molecule has 6 heterocycles. The molecule has 0 unspecified atom stereocenters. The number of anilines is 1. The fourth-order valence-corrected chi connectivity index (χ4v) is 4.19. The topological polar surface area (TPSA) is 138 Å². The number of pyridine rings is 4. The molecule has 6 aromatic heterocycles. The molecule has 0 aliphatic heterocycles. The number of hydrogen-bond donors (Lipinski definition) is 3. The predicted molar refractivity (Wildman–Crippen MR) is 137 cm³/mol. The second kappa shape index (κ2) is 9.19. The molecule has 0 fully saturated rings. The van der Waals surface area contributed by atoms with E-state index in [1.54, 1.807) is 24.7 Å². The van der Waals surface area contributed by atoms with Crippen LogP contribution < -0.4 is 5.32 Å². The molecule has 6 aromatic rings. The lowest BCUT2D eigenvalue weighted by molar-refractivity contribution is -0.116. The number of aromatic nitrogens is 8. The van der Waals surface area contributed by atoms with Gasteiger partial charge in [0.2, 0.25) is 5.91 Å². The highest BCUT2D eigenvalue weighted by Gasteiger charge is 2.21. The molecule has 10 nitrogen and oxygen atoms in total. The molecule has 0 aliphatic carbocycles. The number of aromatic amines is 2. The summed E-state index contributed by atoms with van der Waals surface area (Å²) in [6.07, 6.45) is 10.7. The second-order valence-electron chi connectivity index (χ2n) is 8.43. The Morgan fingerprint density at radius 2 is 1.92 bits per heavy atom. The highest BCUT2D eigenvalue weighted by Crippen LogP contribution is 2.34. The number of carbonyl (C=O) groups is 1. The Kier molecular flexibility index (Phi) is 5.56. The maximum Gasteiger partial charge on any atom is 0.224 e. The molecule has 3 N–H and O–H groups in total. The monoisotopic (exact) mass is 493 g/mol. The van der Waals surface area contributed by atoms with E-state index in [1.807, 2.05) is 25.1 Å². The first-order chi connectivity index (χ1) is 18.1. The lowest BCUT2D eigenvalue weighted by atomic mass is 10.1. The molecule has 37 heavy (non-hydrogen) atoms. The second-order valence-corrected chi connectivity index (χ2v) is 8.43. The minimum Gasteiger partial charge on any atom is -0.335 e. The largest absolute Gasteiger partial charge is 0.335 e. The number of hydrogen-bond acceptors (Lipinski definition) is 7. The van der Waals surface area contributed by atoms with Gasteiger partial charge >= 0.3 is 0 Å². The van der Waals surface area contributed by atoms with Crippen molar-refractivity contribution in [3.05, 3.63) is 67.3 Å². The highest BCUT2D eigenvalue weighted by molar-refractivity contribution is 5.97. The van der Waals surface area contributed by atoms with Crippen molar-refractivity contribution in [1.29, 1.82) is 0 Å². The van der Waals surface area contributed by atoms with Crippen LogP contribution in [0.5, 0.6) is 0 Å². The van der Waals surface area contributed by atoms with Crippen LogP contribution in [0.4, 0.5) is 10.1 Å². The van der Waals surface area contributed by atoms with Crippen LogP contribution in [0.25, 0.3) is 56.0 Å². The van der Waals surface area contributed by atoms with Crippen LogP contribution in [0.15, 0.2) is 61.4 Å². The Labute approximate surface area is 209 Å². The van der Waals surface area contributed by atoms with Gasteiger partial charge in [0.1, 0.15) is 16.9 Å². The Morgan fingerprint density at radius 1 is 1.03 bits per heavy atom. The van der Waals surface area contributed by atoms with E-state index >= 15 is 4.39 Å². The van der Waals surface area contributed by atoms with E-state index in [4.69, 9.17) is 4.98 Å². The van der Waals surface area contributed by atoms with E-state index in [2.05, 4.69) is 40.4 Å². The Hall–Kier alpha value is -5.06. The summed E-state index contributed by atoms with van der Waals surface area (Å²) in [7, 11) is 0. The normalized spacial score (nSPS) is 11.3. The molecule has 0 saturated carbocycles. The van der Waals surface area contributed by atoms with Crippen molar-refractivity contribution in [2.45, 2.75) is 19.8 Å². The average Bonchev–Trinajstić information content (AvgIpc) is 3.54. The number of halogens is 1. The van der Waals surface area contributed by atoms with Crippen LogP contribution in [0.2, 0.25) is 0 Å². The van der Waals surface area contributed by atoms with Crippen molar-refractivity contribution >= 4 is 33.5 Å². The van der Waals surface area contributed by atoms with Gasteiger partial charge in [0, 0.05) is 36.1 Å². The summed E-state index contributed by atoms with van der Waals surface area (Å²) < 4.78 is 15.9. The van der Waals surface area contributed by atoms with E-state index in [-0.39, 0.29) is 17.0 Å². The van der Waals surface area contributed by atoms with Crippen LogP contribution in [0.3, 0.4) is 0 Å². The number of rotatable bonds is 6. The van der Waals surface area contributed by atoms with Crippen LogP contribution in [-0.2, 0) is 4.79 Å². The molecule has 0 aliphatic rings. The first kappa shape index (κ1) is 22.4. The summed E-state index contributed by atoms with van der Waals surface area (Å²) in [4.78, 5) is 37.1. The summed E-state index contributed by atoms with van der Waals surface area (Å²) in [5.74, 6) is -0.336. The number of amides is 1. The number of nitrogens with zero attached hydrogens (tertiary/aromatic N) is 6. The van der Waals surface area contributed by atoms with Crippen LogP contribution >= 0.6 is 0 Å². The first-order valence-electron chi connectivity index (χ1n) is 11.7. The molecule has 0 radical (unpaired) electrons. The summed E-state index contributed by atoms with van der Waals surface area (Å²) in [5.41, 5.74) is 4.49. The zero-order valence-electron chi connectivity index (χ0n) is 19.7. The van der Waals surface area contributed by atoms with Gasteiger partial charge in [0.25, 0.3) is 0 Å². The summed E-state index contributed by atoms with van der Waals surface area (Å²) in [5, 5.41) is 10.2. The van der Waals surface area contributed by atoms with E-state index in [0.717, 1.165) is 17.7 Å². The lowest BCUT2D eigenvalue weighted by Crippen LogP contribution is -2.10. The summed E-state index contributed by atoms with van der Waals surface area (Å²) in [6.45, 7) is 1.92.